The number of amidine groups is 1. The first-order valence-corrected chi connectivity index (χ1v) is 8.87. The van der Waals surface area contributed by atoms with Gasteiger partial charge in [0.2, 0.25) is 0 Å². The number of ether oxygens (including phenoxy) is 1. The number of rotatable bonds is 3. The van der Waals surface area contributed by atoms with Crippen LogP contribution in [0.5, 0.6) is 0 Å². The van der Waals surface area contributed by atoms with Gasteiger partial charge >= 0.3 is 0 Å². The van der Waals surface area contributed by atoms with Gasteiger partial charge < -0.3 is 25.0 Å². The lowest BCUT2D eigenvalue weighted by atomic mass is 9.83. The molecule has 24 heavy (non-hydrogen) atoms. The number of aliphatic imine (C=N–C) groups is 1. The average Bonchev–Trinajstić information content (AvgIpc) is 2.96. The van der Waals surface area contributed by atoms with Crippen molar-refractivity contribution in [1.82, 2.24) is 4.90 Å². The molecule has 0 saturated carbocycles. The van der Waals surface area contributed by atoms with Crippen molar-refractivity contribution in [2.24, 2.45) is 4.99 Å². The molecular formula is C17H24N2O4S. The Morgan fingerprint density at radius 1 is 1.21 bits per heavy atom. The van der Waals surface area contributed by atoms with Gasteiger partial charge in [-0.05, 0) is 12.5 Å². The second-order valence-electron chi connectivity index (χ2n) is 6.84. The van der Waals surface area contributed by atoms with E-state index in [1.807, 2.05) is 49.3 Å². The van der Waals surface area contributed by atoms with Crippen molar-refractivity contribution in [2.75, 3.05) is 14.1 Å². The first-order chi connectivity index (χ1) is 11.3. The van der Waals surface area contributed by atoms with Crippen molar-refractivity contribution >= 4 is 16.9 Å². The molecule has 1 aromatic carbocycles. The summed E-state index contributed by atoms with van der Waals surface area (Å²) < 4.78 is 5.97. The minimum absolute atomic E-state index is 0.325. The van der Waals surface area contributed by atoms with Gasteiger partial charge in [-0.1, -0.05) is 42.1 Å². The zero-order valence-corrected chi connectivity index (χ0v) is 14.8. The molecule has 6 nitrogen and oxygen atoms in total. The molecule has 0 spiro atoms. The number of nitrogens with zero attached hydrogens (tertiary/aromatic N) is 2. The molecule has 2 aliphatic rings. The van der Waals surface area contributed by atoms with Gasteiger partial charge in [-0.3, -0.25) is 4.99 Å². The summed E-state index contributed by atoms with van der Waals surface area (Å²) in [4.78, 5) is 6.28. The molecule has 1 saturated heterocycles. The van der Waals surface area contributed by atoms with Crippen LogP contribution in [0.2, 0.25) is 0 Å². The van der Waals surface area contributed by atoms with E-state index in [4.69, 9.17) is 4.74 Å². The van der Waals surface area contributed by atoms with E-state index < -0.39 is 35.4 Å². The second kappa shape index (κ2) is 6.65. The minimum Gasteiger partial charge on any atom is -0.388 e. The molecule has 6 atom stereocenters. The van der Waals surface area contributed by atoms with E-state index in [0.717, 1.165) is 10.7 Å². The average molecular weight is 352 g/mol. The van der Waals surface area contributed by atoms with Gasteiger partial charge in [0.25, 0.3) is 0 Å². The molecule has 2 heterocycles. The van der Waals surface area contributed by atoms with E-state index in [9.17, 15) is 15.3 Å². The van der Waals surface area contributed by atoms with Crippen LogP contribution in [-0.4, -0.2) is 74.9 Å². The number of fused-ring (bicyclic) bond motifs is 1. The van der Waals surface area contributed by atoms with Crippen LogP contribution >= 0.6 is 11.8 Å². The van der Waals surface area contributed by atoms with E-state index in [1.165, 1.54) is 11.8 Å². The summed E-state index contributed by atoms with van der Waals surface area (Å²) in [6, 6.07) is 9.03. The van der Waals surface area contributed by atoms with Gasteiger partial charge in [-0.15, -0.1) is 0 Å². The van der Waals surface area contributed by atoms with E-state index in [1.54, 1.807) is 6.92 Å². The van der Waals surface area contributed by atoms with Crippen molar-refractivity contribution in [1.29, 1.82) is 0 Å². The molecule has 0 radical (unpaired) electrons. The SMILES string of the molecule is CN(C)C1=N[C@@H]2[C@@H](O)[C@H](O)[C@@H]([C@](C)(O)Cc3ccccc3)O[C@@H]2S1. The van der Waals surface area contributed by atoms with Gasteiger partial charge in [-0.2, -0.15) is 0 Å². The molecule has 2 aliphatic heterocycles. The molecule has 7 heteroatoms. The molecule has 0 unspecified atom stereocenters. The monoisotopic (exact) mass is 352 g/mol. The fourth-order valence-electron chi connectivity index (χ4n) is 3.19. The molecular weight excluding hydrogens is 328 g/mol. The van der Waals surface area contributed by atoms with Gasteiger partial charge in [0.05, 0.1) is 5.60 Å². The highest BCUT2D eigenvalue weighted by molar-refractivity contribution is 8.14. The van der Waals surface area contributed by atoms with Gasteiger partial charge in [0.1, 0.15) is 29.8 Å². The summed E-state index contributed by atoms with van der Waals surface area (Å²) in [5, 5.41) is 32.6. The van der Waals surface area contributed by atoms with Gasteiger partial charge in [0.15, 0.2) is 5.17 Å². The summed E-state index contributed by atoms with van der Waals surface area (Å²) in [5.74, 6) is 0. The second-order valence-corrected chi connectivity index (χ2v) is 7.91. The first-order valence-electron chi connectivity index (χ1n) is 7.99. The zero-order chi connectivity index (χ0) is 17.5. The molecule has 1 fully saturated rings. The highest BCUT2D eigenvalue weighted by Gasteiger charge is 2.53. The summed E-state index contributed by atoms with van der Waals surface area (Å²) in [5.41, 5.74) is -0.777. The summed E-state index contributed by atoms with van der Waals surface area (Å²) in [7, 11) is 3.74. The first kappa shape index (κ1) is 17.7. The number of benzene rings is 1. The summed E-state index contributed by atoms with van der Waals surface area (Å²) in [6.07, 6.45) is -2.83. The van der Waals surface area contributed by atoms with Crippen molar-refractivity contribution in [2.45, 2.75) is 48.7 Å². The lowest BCUT2D eigenvalue weighted by Gasteiger charge is -2.44. The van der Waals surface area contributed by atoms with Crippen molar-refractivity contribution < 1.29 is 20.1 Å². The maximum absolute atomic E-state index is 10.9. The summed E-state index contributed by atoms with van der Waals surface area (Å²) >= 11 is 1.41. The smallest absolute Gasteiger partial charge is 0.161 e. The quantitative estimate of drug-likeness (QED) is 0.733. The predicted molar refractivity (Wildman–Crippen MR) is 93.9 cm³/mol. The number of aliphatic hydroxyl groups excluding tert-OH is 2. The summed E-state index contributed by atoms with van der Waals surface area (Å²) in [6.45, 7) is 1.63. The van der Waals surface area contributed by atoms with Crippen LogP contribution in [0, 0.1) is 0 Å². The Labute approximate surface area is 146 Å². The Morgan fingerprint density at radius 3 is 2.50 bits per heavy atom. The molecule has 0 bridgehead atoms. The van der Waals surface area contributed by atoms with Gasteiger partial charge in [-0.25, -0.2) is 0 Å². The fraction of sp³-hybridized carbons (Fsp3) is 0.588. The highest BCUT2D eigenvalue weighted by Crippen LogP contribution is 2.40. The van der Waals surface area contributed by atoms with Crippen molar-refractivity contribution in [3.8, 4) is 0 Å². The van der Waals surface area contributed by atoms with Gasteiger partial charge in [0, 0.05) is 20.5 Å². The highest BCUT2D eigenvalue weighted by atomic mass is 32.2. The largest absolute Gasteiger partial charge is 0.388 e. The molecule has 1 aromatic rings. The topological polar surface area (TPSA) is 85.5 Å². The Morgan fingerprint density at radius 2 is 1.88 bits per heavy atom. The van der Waals surface area contributed by atoms with Crippen LogP contribution in [0.4, 0.5) is 0 Å². The van der Waals surface area contributed by atoms with E-state index in [0.29, 0.717) is 6.42 Å². The minimum atomic E-state index is -1.31. The number of hydrogen-bond donors (Lipinski definition) is 3. The number of aliphatic hydroxyl groups is 3. The number of thioether (sulfide) groups is 1. The Hall–Kier alpha value is -1.12. The van der Waals surface area contributed by atoms with Crippen LogP contribution < -0.4 is 0 Å². The van der Waals surface area contributed by atoms with E-state index in [2.05, 4.69) is 4.99 Å². The lowest BCUT2D eigenvalue weighted by molar-refractivity contribution is -0.212. The number of hydrogen-bond acceptors (Lipinski definition) is 7. The van der Waals surface area contributed by atoms with E-state index in [-0.39, 0.29) is 0 Å². The third-order valence-corrected chi connectivity index (χ3v) is 5.75. The van der Waals surface area contributed by atoms with Crippen LogP contribution in [-0.2, 0) is 11.2 Å². The van der Waals surface area contributed by atoms with Crippen LogP contribution in [0.15, 0.2) is 35.3 Å². The molecule has 0 aromatic heterocycles. The Balaban J connectivity index is 1.78. The van der Waals surface area contributed by atoms with Crippen LogP contribution in [0.25, 0.3) is 0 Å². The molecule has 3 rings (SSSR count). The zero-order valence-electron chi connectivity index (χ0n) is 14.0. The maximum Gasteiger partial charge on any atom is 0.161 e. The van der Waals surface area contributed by atoms with Crippen LogP contribution in [0.1, 0.15) is 12.5 Å². The van der Waals surface area contributed by atoms with Crippen molar-refractivity contribution in [3.05, 3.63) is 35.9 Å². The Kier molecular flexibility index (Phi) is 4.90. The lowest BCUT2D eigenvalue weighted by Crippen LogP contribution is -2.62. The Bertz CT molecular complexity index is 608. The standard InChI is InChI=1S/C17H24N2O4S/c1-17(22,9-10-7-5-4-6-8-10)14-13(21)12(20)11-15(23-14)24-16(18-11)19(2)3/h4-8,11-15,20-22H,9H2,1-3H3/t11-,12-,13+,14+,15-,17-/m1/s1. The third kappa shape index (κ3) is 3.32. The van der Waals surface area contributed by atoms with Crippen LogP contribution in [0.3, 0.4) is 0 Å². The van der Waals surface area contributed by atoms with E-state index >= 15 is 0 Å². The van der Waals surface area contributed by atoms with Crippen molar-refractivity contribution in [3.63, 3.8) is 0 Å². The molecule has 3 N–H and O–H groups in total. The third-order valence-electron chi connectivity index (χ3n) is 4.45. The molecule has 0 amide bonds. The normalized spacial score (nSPS) is 35.1. The molecule has 0 aliphatic carbocycles. The fourth-order valence-corrected chi connectivity index (χ4v) is 4.33. The maximum atomic E-state index is 10.9. The predicted octanol–water partition coefficient (Wildman–Crippen LogP) is 0.460. The molecule has 132 valence electrons.